The van der Waals surface area contributed by atoms with Gasteiger partial charge in [-0.05, 0) is 29.8 Å². The zero-order chi connectivity index (χ0) is 12.8. The van der Waals surface area contributed by atoms with Gasteiger partial charge in [0.2, 0.25) is 0 Å². The smallest absolute Gasteiger partial charge is 0.121 e. The quantitative estimate of drug-likeness (QED) is 0.385. The predicted octanol–water partition coefficient (Wildman–Crippen LogP) is 3.08. The van der Waals surface area contributed by atoms with Crippen LogP contribution in [0.4, 0.5) is 5.69 Å². The van der Waals surface area contributed by atoms with Crippen LogP contribution in [0.3, 0.4) is 0 Å². The summed E-state index contributed by atoms with van der Waals surface area (Å²) in [5.41, 5.74) is 4.61. The lowest BCUT2D eigenvalue weighted by atomic mass is 10.1. The van der Waals surface area contributed by atoms with Crippen molar-refractivity contribution in [1.82, 2.24) is 5.43 Å². The van der Waals surface area contributed by atoms with Crippen LogP contribution < -0.4 is 11.3 Å². The Hall–Kier alpha value is -1.84. The van der Waals surface area contributed by atoms with Crippen molar-refractivity contribution in [2.75, 3.05) is 0 Å². The molecule has 0 radical (unpaired) electrons. The van der Waals surface area contributed by atoms with Crippen LogP contribution in [0.1, 0.15) is 5.56 Å². The van der Waals surface area contributed by atoms with E-state index in [4.69, 9.17) is 17.4 Å². The number of halogens is 1. The van der Waals surface area contributed by atoms with Crippen LogP contribution >= 0.6 is 11.6 Å². The number of hydrogen-bond acceptors (Lipinski definition) is 2. The number of benzene rings is 2. The first-order valence-electron chi connectivity index (χ1n) is 5.61. The highest BCUT2D eigenvalue weighted by Crippen LogP contribution is 2.13. The highest BCUT2D eigenvalue weighted by atomic mass is 35.5. The summed E-state index contributed by atoms with van der Waals surface area (Å²) >= 11 is 5.84. The van der Waals surface area contributed by atoms with Crippen LogP contribution in [0, 0.1) is 0 Å². The molecule has 0 aromatic heterocycles. The number of hydrogen-bond donors (Lipinski definition) is 2. The molecule has 0 aliphatic carbocycles. The molecule has 0 fully saturated rings. The third kappa shape index (κ3) is 3.58. The van der Waals surface area contributed by atoms with Gasteiger partial charge in [-0.3, -0.25) is 0 Å². The molecule has 0 aliphatic rings. The molecule has 2 aromatic rings. The Balaban J connectivity index is 2.15. The topological polar surface area (TPSA) is 50.4 Å². The van der Waals surface area contributed by atoms with E-state index in [9.17, 15) is 0 Å². The molecule has 0 unspecified atom stereocenters. The van der Waals surface area contributed by atoms with E-state index in [1.165, 1.54) is 0 Å². The zero-order valence-electron chi connectivity index (χ0n) is 9.81. The molecule has 0 spiro atoms. The number of rotatable bonds is 3. The van der Waals surface area contributed by atoms with Gasteiger partial charge >= 0.3 is 0 Å². The molecule has 0 atom stereocenters. The van der Waals surface area contributed by atoms with E-state index >= 15 is 0 Å². The van der Waals surface area contributed by atoms with Gasteiger partial charge in [0.05, 0.1) is 5.69 Å². The van der Waals surface area contributed by atoms with Gasteiger partial charge in [0.1, 0.15) is 5.84 Å². The summed E-state index contributed by atoms with van der Waals surface area (Å²) in [5.74, 6) is 6.20. The molecule has 2 aromatic carbocycles. The Morgan fingerprint density at radius 3 is 2.33 bits per heavy atom. The molecule has 0 amide bonds. The first kappa shape index (κ1) is 12.6. The molecule has 3 nitrogen and oxygen atoms in total. The van der Waals surface area contributed by atoms with Gasteiger partial charge in [-0.2, -0.15) is 0 Å². The van der Waals surface area contributed by atoms with E-state index in [2.05, 4.69) is 10.4 Å². The summed E-state index contributed by atoms with van der Waals surface area (Å²) in [6, 6.07) is 17.3. The van der Waals surface area contributed by atoms with Crippen molar-refractivity contribution < 1.29 is 0 Å². The van der Waals surface area contributed by atoms with Crippen LogP contribution in [0.15, 0.2) is 59.6 Å². The summed E-state index contributed by atoms with van der Waals surface area (Å²) < 4.78 is 0. The molecule has 0 saturated carbocycles. The standard InChI is InChI=1S/C14H14ClN3/c15-12-8-6-11(7-9-12)10-14(18-16)17-13-4-2-1-3-5-13/h1-9H,10,16H2,(H,17,18). The second-order valence-electron chi connectivity index (χ2n) is 3.84. The van der Waals surface area contributed by atoms with Gasteiger partial charge in [-0.15, -0.1) is 0 Å². The van der Waals surface area contributed by atoms with Crippen molar-refractivity contribution in [1.29, 1.82) is 0 Å². The maximum Gasteiger partial charge on any atom is 0.121 e. The van der Waals surface area contributed by atoms with E-state index in [0.29, 0.717) is 12.3 Å². The highest BCUT2D eigenvalue weighted by molar-refractivity contribution is 6.30. The van der Waals surface area contributed by atoms with Crippen LogP contribution in [0.2, 0.25) is 5.02 Å². The molecule has 18 heavy (non-hydrogen) atoms. The molecule has 0 heterocycles. The number of aliphatic imine (C=N–C) groups is 1. The third-order valence-electron chi connectivity index (χ3n) is 2.47. The minimum absolute atomic E-state index is 0.641. The molecule has 0 saturated heterocycles. The van der Waals surface area contributed by atoms with E-state index in [0.717, 1.165) is 16.3 Å². The Morgan fingerprint density at radius 1 is 1.06 bits per heavy atom. The van der Waals surface area contributed by atoms with Gasteiger partial charge in [-0.25, -0.2) is 10.8 Å². The third-order valence-corrected chi connectivity index (χ3v) is 2.72. The maximum absolute atomic E-state index is 5.84. The van der Waals surface area contributed by atoms with Gasteiger partial charge in [0.25, 0.3) is 0 Å². The van der Waals surface area contributed by atoms with E-state index in [1.54, 1.807) is 0 Å². The van der Waals surface area contributed by atoms with Crippen LogP contribution in [-0.2, 0) is 6.42 Å². The fraction of sp³-hybridized carbons (Fsp3) is 0.0714. The highest BCUT2D eigenvalue weighted by Gasteiger charge is 2.00. The lowest BCUT2D eigenvalue weighted by molar-refractivity contribution is 0.988. The Labute approximate surface area is 111 Å². The summed E-state index contributed by atoms with van der Waals surface area (Å²) in [6.07, 6.45) is 0.641. The lowest BCUT2D eigenvalue weighted by Crippen LogP contribution is -2.31. The Kier molecular flexibility index (Phi) is 4.34. The fourth-order valence-electron chi connectivity index (χ4n) is 1.58. The van der Waals surface area contributed by atoms with Gasteiger partial charge in [0, 0.05) is 11.4 Å². The van der Waals surface area contributed by atoms with E-state index < -0.39 is 0 Å². The SMILES string of the molecule is NNC(Cc1ccc(Cl)cc1)=Nc1ccccc1. The maximum atomic E-state index is 5.84. The zero-order valence-corrected chi connectivity index (χ0v) is 10.6. The molecule has 4 heteroatoms. The number of nitrogens with one attached hydrogen (secondary N) is 1. The van der Waals surface area contributed by atoms with Crippen molar-refractivity contribution in [3.05, 3.63) is 65.2 Å². The first-order valence-corrected chi connectivity index (χ1v) is 5.99. The molecule has 0 bridgehead atoms. The number of hydrazine groups is 1. The number of amidine groups is 1. The second-order valence-corrected chi connectivity index (χ2v) is 4.28. The largest absolute Gasteiger partial charge is 0.312 e. The second kappa shape index (κ2) is 6.19. The normalized spacial score (nSPS) is 11.3. The molecular formula is C14H14ClN3. The lowest BCUT2D eigenvalue weighted by Gasteiger charge is -2.06. The Bertz CT molecular complexity index is 520. The summed E-state index contributed by atoms with van der Waals surface area (Å²) in [6.45, 7) is 0. The van der Waals surface area contributed by atoms with Crippen molar-refractivity contribution >= 4 is 23.1 Å². The average molecular weight is 260 g/mol. The molecule has 0 aliphatic heterocycles. The molecular weight excluding hydrogens is 246 g/mol. The summed E-state index contributed by atoms with van der Waals surface area (Å²) in [7, 11) is 0. The van der Waals surface area contributed by atoms with Gasteiger partial charge in [-0.1, -0.05) is 41.9 Å². The minimum atomic E-state index is 0.641. The van der Waals surface area contributed by atoms with E-state index in [1.807, 2.05) is 54.6 Å². The van der Waals surface area contributed by atoms with Crippen molar-refractivity contribution in [3.8, 4) is 0 Å². The molecule has 3 N–H and O–H groups in total. The van der Waals surface area contributed by atoms with Crippen LogP contribution in [0.25, 0.3) is 0 Å². The summed E-state index contributed by atoms with van der Waals surface area (Å²) in [4.78, 5) is 4.44. The minimum Gasteiger partial charge on any atom is -0.312 e. The predicted molar refractivity (Wildman–Crippen MR) is 76.0 cm³/mol. The number of nitrogens with two attached hydrogens (primary N) is 1. The van der Waals surface area contributed by atoms with Crippen LogP contribution in [0.5, 0.6) is 0 Å². The van der Waals surface area contributed by atoms with Crippen molar-refractivity contribution in [2.45, 2.75) is 6.42 Å². The monoisotopic (exact) mass is 259 g/mol. The van der Waals surface area contributed by atoms with Gasteiger partial charge in [0.15, 0.2) is 0 Å². The van der Waals surface area contributed by atoms with Crippen molar-refractivity contribution in [2.24, 2.45) is 10.8 Å². The fourth-order valence-corrected chi connectivity index (χ4v) is 1.70. The number of para-hydroxylation sites is 1. The van der Waals surface area contributed by atoms with Crippen molar-refractivity contribution in [3.63, 3.8) is 0 Å². The average Bonchev–Trinajstić information content (AvgIpc) is 2.41. The molecule has 2 rings (SSSR count). The first-order chi connectivity index (χ1) is 8.78. The molecule has 92 valence electrons. The summed E-state index contributed by atoms with van der Waals surface area (Å²) in [5, 5.41) is 0.723. The number of nitrogens with zero attached hydrogens (tertiary/aromatic N) is 1. The Morgan fingerprint density at radius 2 is 1.72 bits per heavy atom. The van der Waals surface area contributed by atoms with Gasteiger partial charge < -0.3 is 5.43 Å². The van der Waals surface area contributed by atoms with E-state index in [-0.39, 0.29) is 0 Å². The van der Waals surface area contributed by atoms with Crippen LogP contribution in [-0.4, -0.2) is 5.84 Å².